The van der Waals surface area contributed by atoms with Gasteiger partial charge in [-0.3, -0.25) is 4.79 Å². The molecule has 126 valence electrons. The Hall–Kier alpha value is -0.530. The topological polar surface area (TPSA) is 29.1 Å². The number of hydrogen-bond acceptors (Lipinski definition) is 1. The lowest BCUT2D eigenvalue weighted by Gasteiger charge is -2.58. The van der Waals surface area contributed by atoms with Gasteiger partial charge in [0, 0.05) is 11.5 Å². The monoisotopic (exact) mass is 313 g/mol. The second kappa shape index (κ2) is 4.55. The predicted molar refractivity (Wildman–Crippen MR) is 89.6 cm³/mol. The van der Waals surface area contributed by atoms with Crippen molar-refractivity contribution in [1.29, 1.82) is 0 Å². The van der Waals surface area contributed by atoms with E-state index in [-0.39, 0.29) is 5.54 Å². The van der Waals surface area contributed by atoms with Crippen molar-refractivity contribution in [3.8, 4) is 0 Å². The Kier molecular flexibility index (Phi) is 2.71. The number of carbonyl (C=O) groups excluding carboxylic acids is 1. The molecular weight excluding hydrogens is 282 g/mol. The van der Waals surface area contributed by atoms with Crippen LogP contribution in [-0.2, 0) is 4.79 Å². The average molecular weight is 313 g/mol. The van der Waals surface area contributed by atoms with Crippen LogP contribution >= 0.6 is 0 Å². The Labute approximate surface area is 140 Å². The van der Waals surface area contributed by atoms with E-state index in [0.29, 0.717) is 11.8 Å². The minimum absolute atomic E-state index is 0.223. The second-order valence-corrected chi connectivity index (χ2v) is 10.6. The summed E-state index contributed by atoms with van der Waals surface area (Å²) in [5, 5.41) is 3.71. The van der Waals surface area contributed by atoms with Crippen molar-refractivity contribution in [1.82, 2.24) is 5.32 Å². The smallest absolute Gasteiger partial charge is 0.224 e. The van der Waals surface area contributed by atoms with Crippen LogP contribution in [0.4, 0.5) is 0 Å². The van der Waals surface area contributed by atoms with Gasteiger partial charge in [0.1, 0.15) is 0 Å². The summed E-state index contributed by atoms with van der Waals surface area (Å²) in [6, 6.07) is 0. The van der Waals surface area contributed by atoms with Crippen molar-refractivity contribution in [2.24, 2.45) is 47.3 Å². The van der Waals surface area contributed by atoms with E-state index in [1.54, 1.807) is 0 Å². The molecule has 0 aromatic rings. The number of hydrogen-bond donors (Lipinski definition) is 1. The molecule has 0 heterocycles. The quantitative estimate of drug-likeness (QED) is 0.815. The lowest BCUT2D eigenvalue weighted by atomic mass is 9.51. The maximum absolute atomic E-state index is 13.3. The van der Waals surface area contributed by atoms with Crippen molar-refractivity contribution in [2.45, 2.75) is 76.2 Å². The maximum Gasteiger partial charge on any atom is 0.224 e. The van der Waals surface area contributed by atoms with Crippen molar-refractivity contribution in [3.63, 3.8) is 0 Å². The molecule has 8 fully saturated rings. The van der Waals surface area contributed by atoms with Crippen LogP contribution < -0.4 is 5.32 Å². The van der Waals surface area contributed by atoms with Crippen LogP contribution in [0, 0.1) is 47.3 Å². The van der Waals surface area contributed by atoms with E-state index in [1.807, 2.05) is 0 Å². The molecule has 1 amide bonds. The van der Waals surface area contributed by atoms with Gasteiger partial charge in [0.15, 0.2) is 0 Å². The van der Waals surface area contributed by atoms with Crippen LogP contribution in [0.1, 0.15) is 70.6 Å². The van der Waals surface area contributed by atoms with Gasteiger partial charge >= 0.3 is 0 Å². The first-order valence-corrected chi connectivity index (χ1v) is 10.5. The third-order valence-electron chi connectivity index (χ3n) is 8.96. The SMILES string of the molecule is O=C(NC12CC3CC(CC(C3)C1)C2)C1C2CC3CC(C2)CC1C3. The highest BCUT2D eigenvalue weighted by atomic mass is 16.2. The Morgan fingerprint density at radius 1 is 0.652 bits per heavy atom. The minimum atomic E-state index is 0.223. The normalized spacial score (nSPS) is 58.6. The van der Waals surface area contributed by atoms with Crippen LogP contribution in [0.5, 0.6) is 0 Å². The third-order valence-corrected chi connectivity index (χ3v) is 8.96. The van der Waals surface area contributed by atoms with Gasteiger partial charge in [-0.05, 0) is 112 Å². The summed E-state index contributed by atoms with van der Waals surface area (Å²) in [4.78, 5) is 13.3. The predicted octanol–water partition coefficient (Wildman–Crippen LogP) is 4.14. The molecule has 2 heteroatoms. The molecule has 2 nitrogen and oxygen atoms in total. The third kappa shape index (κ3) is 2.02. The van der Waals surface area contributed by atoms with Crippen LogP contribution in [0.15, 0.2) is 0 Å². The Morgan fingerprint density at radius 2 is 1.09 bits per heavy atom. The van der Waals surface area contributed by atoms with Gasteiger partial charge < -0.3 is 5.32 Å². The fraction of sp³-hybridized carbons (Fsp3) is 0.952. The molecule has 8 saturated carbocycles. The van der Waals surface area contributed by atoms with Crippen molar-refractivity contribution < 1.29 is 4.79 Å². The zero-order chi connectivity index (χ0) is 15.2. The number of rotatable bonds is 2. The Balaban J connectivity index is 1.23. The Bertz CT molecular complexity index is 475. The number of nitrogens with one attached hydrogen (secondary N) is 1. The van der Waals surface area contributed by atoms with E-state index >= 15 is 0 Å². The van der Waals surface area contributed by atoms with Crippen LogP contribution in [0.2, 0.25) is 0 Å². The van der Waals surface area contributed by atoms with Crippen LogP contribution in [0.25, 0.3) is 0 Å². The molecular formula is C21H31NO. The van der Waals surface area contributed by atoms with Gasteiger partial charge in [0.2, 0.25) is 5.91 Å². The lowest BCUT2D eigenvalue weighted by molar-refractivity contribution is -0.143. The van der Waals surface area contributed by atoms with Gasteiger partial charge in [-0.15, -0.1) is 0 Å². The first-order valence-electron chi connectivity index (χ1n) is 10.5. The molecule has 0 spiro atoms. The summed E-state index contributed by atoms with van der Waals surface area (Å²) in [5.74, 6) is 7.08. The molecule has 8 aliphatic carbocycles. The summed E-state index contributed by atoms with van der Waals surface area (Å²) in [5.41, 5.74) is 0.223. The standard InChI is InChI=1S/C21H31NO/c23-20(19-17-5-12-1-13(7-17)8-18(19)6-12)22-21-9-14-2-15(10-21)4-16(3-14)11-21/h12-19H,1-11H2,(H,22,23). The molecule has 8 bridgehead atoms. The summed E-state index contributed by atoms with van der Waals surface area (Å²) in [6.07, 6.45) is 15.3. The minimum Gasteiger partial charge on any atom is -0.350 e. The molecule has 0 aromatic heterocycles. The van der Waals surface area contributed by atoms with Crippen molar-refractivity contribution in [2.75, 3.05) is 0 Å². The molecule has 8 rings (SSSR count). The highest BCUT2D eigenvalue weighted by Crippen LogP contribution is 2.58. The van der Waals surface area contributed by atoms with Gasteiger partial charge in [0.25, 0.3) is 0 Å². The molecule has 0 unspecified atom stereocenters. The summed E-state index contributed by atoms with van der Waals surface area (Å²) in [7, 11) is 0. The summed E-state index contributed by atoms with van der Waals surface area (Å²) < 4.78 is 0. The highest BCUT2D eigenvalue weighted by Gasteiger charge is 2.55. The number of amides is 1. The average Bonchev–Trinajstić information content (AvgIpc) is 2.43. The van der Waals surface area contributed by atoms with Crippen LogP contribution in [-0.4, -0.2) is 11.4 Å². The van der Waals surface area contributed by atoms with Crippen molar-refractivity contribution >= 4 is 5.91 Å². The fourth-order valence-corrected chi connectivity index (χ4v) is 8.96. The highest BCUT2D eigenvalue weighted by molar-refractivity contribution is 5.80. The molecule has 0 atom stereocenters. The summed E-state index contributed by atoms with van der Waals surface area (Å²) in [6.45, 7) is 0. The molecule has 0 radical (unpaired) electrons. The Morgan fingerprint density at radius 3 is 1.57 bits per heavy atom. The van der Waals surface area contributed by atoms with E-state index in [9.17, 15) is 4.79 Å². The molecule has 0 aliphatic heterocycles. The molecule has 8 aliphatic rings. The first kappa shape index (κ1) is 13.7. The largest absolute Gasteiger partial charge is 0.350 e. The van der Waals surface area contributed by atoms with Gasteiger partial charge in [-0.1, -0.05) is 0 Å². The summed E-state index contributed by atoms with van der Waals surface area (Å²) >= 11 is 0. The van der Waals surface area contributed by atoms with Crippen molar-refractivity contribution in [3.05, 3.63) is 0 Å². The second-order valence-electron chi connectivity index (χ2n) is 10.6. The molecule has 0 aromatic carbocycles. The molecule has 1 N–H and O–H groups in total. The van der Waals surface area contributed by atoms with E-state index in [0.717, 1.165) is 41.4 Å². The number of carbonyl (C=O) groups is 1. The van der Waals surface area contributed by atoms with Gasteiger partial charge in [-0.2, -0.15) is 0 Å². The fourth-order valence-electron chi connectivity index (χ4n) is 8.96. The maximum atomic E-state index is 13.3. The first-order chi connectivity index (χ1) is 11.2. The van der Waals surface area contributed by atoms with E-state index in [1.165, 1.54) is 70.6 Å². The van der Waals surface area contributed by atoms with Gasteiger partial charge in [0.05, 0.1) is 0 Å². The van der Waals surface area contributed by atoms with E-state index < -0.39 is 0 Å². The zero-order valence-electron chi connectivity index (χ0n) is 14.3. The lowest BCUT2D eigenvalue weighted by Crippen LogP contribution is -2.62. The van der Waals surface area contributed by atoms with Gasteiger partial charge in [-0.25, -0.2) is 0 Å². The van der Waals surface area contributed by atoms with Crippen LogP contribution in [0.3, 0.4) is 0 Å². The molecule has 0 saturated heterocycles. The molecule has 23 heavy (non-hydrogen) atoms. The van der Waals surface area contributed by atoms with E-state index in [4.69, 9.17) is 0 Å². The van der Waals surface area contributed by atoms with E-state index in [2.05, 4.69) is 5.32 Å². The zero-order valence-corrected chi connectivity index (χ0v) is 14.3.